The van der Waals surface area contributed by atoms with E-state index in [9.17, 15) is 22.8 Å². The van der Waals surface area contributed by atoms with Crippen molar-refractivity contribution in [3.8, 4) is 5.75 Å². The van der Waals surface area contributed by atoms with Crippen LogP contribution >= 0.6 is 23.2 Å². The third-order valence-corrected chi connectivity index (χ3v) is 7.92. The van der Waals surface area contributed by atoms with E-state index in [1.807, 2.05) is 6.92 Å². The Morgan fingerprint density at radius 1 is 0.975 bits per heavy atom. The smallest absolute Gasteiger partial charge is 0.340 e. The molecule has 0 spiro atoms. The standard InChI is InChI=1S/C27H28Cl2N2O8S/c1-6-37-18-10-8-17(9-11-18)31-40(35,36)22-12-19(20(28)13-21(22)29)26(33)39-16(5)25(32)24-14(3)23(15(4)30-24)27(34)38-7-2/h8-13,16,30-31H,6-7H2,1-5H3/t16-/m1/s1. The number of carbonyl (C=O) groups excluding carboxylic acids is 3. The molecule has 0 radical (unpaired) electrons. The Morgan fingerprint density at radius 2 is 1.62 bits per heavy atom. The van der Waals surface area contributed by atoms with Crippen LogP contribution in [0.5, 0.6) is 5.75 Å². The van der Waals surface area contributed by atoms with Crippen LogP contribution in [0.4, 0.5) is 5.69 Å². The van der Waals surface area contributed by atoms with E-state index < -0.39 is 38.7 Å². The molecule has 2 aromatic carbocycles. The fraction of sp³-hybridized carbons (Fsp3) is 0.296. The molecule has 3 aromatic rings. The number of carbonyl (C=O) groups is 3. The van der Waals surface area contributed by atoms with Gasteiger partial charge in [-0.25, -0.2) is 18.0 Å². The van der Waals surface area contributed by atoms with Crippen LogP contribution in [0.25, 0.3) is 0 Å². The van der Waals surface area contributed by atoms with Crippen LogP contribution in [0.15, 0.2) is 41.3 Å². The molecule has 0 saturated heterocycles. The maximum Gasteiger partial charge on any atom is 0.340 e. The molecule has 13 heteroatoms. The zero-order valence-electron chi connectivity index (χ0n) is 22.4. The quantitative estimate of drug-likeness (QED) is 0.207. The predicted octanol–water partition coefficient (Wildman–Crippen LogP) is 5.74. The normalized spacial score (nSPS) is 12.0. The van der Waals surface area contributed by atoms with Crippen molar-refractivity contribution in [1.82, 2.24) is 4.98 Å². The highest BCUT2D eigenvalue weighted by Crippen LogP contribution is 2.31. The fourth-order valence-corrected chi connectivity index (χ4v) is 5.78. The number of hydrogen-bond acceptors (Lipinski definition) is 8. The van der Waals surface area contributed by atoms with E-state index in [2.05, 4.69) is 9.71 Å². The van der Waals surface area contributed by atoms with Crippen molar-refractivity contribution in [3.63, 3.8) is 0 Å². The first-order valence-corrected chi connectivity index (χ1v) is 14.4. The average molecular weight is 612 g/mol. The molecule has 0 amide bonds. The van der Waals surface area contributed by atoms with Crippen molar-refractivity contribution in [2.75, 3.05) is 17.9 Å². The third-order valence-electron chi connectivity index (χ3n) is 5.77. The minimum atomic E-state index is -4.26. The van der Waals surface area contributed by atoms with E-state index >= 15 is 0 Å². The van der Waals surface area contributed by atoms with Gasteiger partial charge >= 0.3 is 11.9 Å². The lowest BCUT2D eigenvalue weighted by Gasteiger charge is -2.15. The van der Waals surface area contributed by atoms with E-state index in [0.29, 0.717) is 23.6 Å². The number of halogens is 2. The Labute approximate surface area is 242 Å². The molecule has 1 aromatic heterocycles. The van der Waals surface area contributed by atoms with Crippen LogP contribution in [0.3, 0.4) is 0 Å². The van der Waals surface area contributed by atoms with Crippen LogP contribution in [-0.2, 0) is 19.5 Å². The molecule has 1 heterocycles. The molecule has 214 valence electrons. The maximum absolute atomic E-state index is 13.1. The van der Waals surface area contributed by atoms with Gasteiger partial charge in [0, 0.05) is 11.4 Å². The van der Waals surface area contributed by atoms with Crippen LogP contribution in [0, 0.1) is 13.8 Å². The van der Waals surface area contributed by atoms with E-state index in [4.69, 9.17) is 37.4 Å². The largest absolute Gasteiger partial charge is 0.494 e. The molecule has 0 unspecified atom stereocenters. The van der Waals surface area contributed by atoms with Crippen molar-refractivity contribution in [2.45, 2.75) is 45.6 Å². The van der Waals surface area contributed by atoms with Gasteiger partial charge in [-0.1, -0.05) is 23.2 Å². The average Bonchev–Trinajstić information content (AvgIpc) is 3.18. The van der Waals surface area contributed by atoms with Crippen molar-refractivity contribution >= 4 is 56.6 Å². The summed E-state index contributed by atoms with van der Waals surface area (Å²) >= 11 is 12.4. The fourth-order valence-electron chi connectivity index (χ4n) is 3.87. The topological polar surface area (TPSA) is 141 Å². The van der Waals surface area contributed by atoms with Crippen LogP contribution in [0.1, 0.15) is 63.2 Å². The highest BCUT2D eigenvalue weighted by atomic mass is 35.5. The lowest BCUT2D eigenvalue weighted by Crippen LogP contribution is -2.26. The summed E-state index contributed by atoms with van der Waals surface area (Å²) in [6.45, 7) is 8.63. The van der Waals surface area contributed by atoms with Gasteiger partial charge in [0.05, 0.1) is 40.1 Å². The molecule has 1 atom stereocenters. The van der Waals surface area contributed by atoms with E-state index in [-0.39, 0.29) is 39.2 Å². The van der Waals surface area contributed by atoms with E-state index in [1.54, 1.807) is 32.9 Å². The van der Waals surface area contributed by atoms with Gasteiger partial charge in [0.25, 0.3) is 10.0 Å². The Balaban J connectivity index is 1.84. The molecule has 0 saturated carbocycles. The summed E-state index contributed by atoms with van der Waals surface area (Å²) in [6, 6.07) is 8.27. The highest BCUT2D eigenvalue weighted by Gasteiger charge is 2.29. The third kappa shape index (κ3) is 6.78. The van der Waals surface area contributed by atoms with Crippen molar-refractivity contribution < 1.29 is 37.0 Å². The molecule has 0 aliphatic rings. The zero-order chi connectivity index (χ0) is 29.8. The SMILES string of the molecule is CCOC(=O)c1c(C)[nH]c(C(=O)[C@@H](C)OC(=O)c2cc(S(=O)(=O)Nc3ccc(OCC)cc3)c(Cl)cc2Cl)c1C. The molecule has 40 heavy (non-hydrogen) atoms. The van der Waals surface area contributed by atoms with E-state index in [1.165, 1.54) is 19.1 Å². The van der Waals surface area contributed by atoms with E-state index in [0.717, 1.165) is 12.1 Å². The number of sulfonamides is 1. The second-order valence-electron chi connectivity index (χ2n) is 8.58. The summed E-state index contributed by atoms with van der Waals surface area (Å²) in [4.78, 5) is 40.8. The summed E-state index contributed by atoms with van der Waals surface area (Å²) in [5.74, 6) is -1.69. The number of rotatable bonds is 11. The highest BCUT2D eigenvalue weighted by molar-refractivity contribution is 7.92. The van der Waals surface area contributed by atoms with Crippen LogP contribution in [0.2, 0.25) is 10.0 Å². The molecule has 0 fully saturated rings. The van der Waals surface area contributed by atoms with Gasteiger partial charge in [0.2, 0.25) is 5.78 Å². The summed E-state index contributed by atoms with van der Waals surface area (Å²) < 4.78 is 44.3. The summed E-state index contributed by atoms with van der Waals surface area (Å²) in [5, 5.41) is -0.403. The van der Waals surface area contributed by atoms with Gasteiger partial charge in [-0.15, -0.1) is 0 Å². The molecule has 0 aliphatic carbocycles. The first-order valence-electron chi connectivity index (χ1n) is 12.2. The minimum Gasteiger partial charge on any atom is -0.494 e. The van der Waals surface area contributed by atoms with Gasteiger partial charge in [-0.3, -0.25) is 9.52 Å². The zero-order valence-corrected chi connectivity index (χ0v) is 24.7. The van der Waals surface area contributed by atoms with Crippen LogP contribution < -0.4 is 9.46 Å². The Hall–Kier alpha value is -3.54. The Kier molecular flexibility index (Phi) is 9.88. The number of aromatic amines is 1. The van der Waals surface area contributed by atoms with Crippen molar-refractivity contribution in [3.05, 3.63) is 74.5 Å². The number of hydrogen-bond donors (Lipinski definition) is 2. The Morgan fingerprint density at radius 3 is 2.23 bits per heavy atom. The Bertz CT molecular complexity index is 1550. The number of ether oxygens (including phenoxy) is 3. The van der Waals surface area contributed by atoms with Crippen molar-refractivity contribution in [2.24, 2.45) is 0 Å². The first-order chi connectivity index (χ1) is 18.8. The molecule has 2 N–H and O–H groups in total. The van der Waals surface area contributed by atoms with Gasteiger partial charge in [0.1, 0.15) is 10.6 Å². The lowest BCUT2D eigenvalue weighted by molar-refractivity contribution is 0.0316. The number of aromatic nitrogens is 1. The summed E-state index contributed by atoms with van der Waals surface area (Å²) in [6.07, 6.45) is -1.31. The number of esters is 2. The minimum absolute atomic E-state index is 0.0749. The first kappa shape index (κ1) is 31.0. The number of aryl methyl sites for hydroxylation is 1. The number of ketones is 1. The summed E-state index contributed by atoms with van der Waals surface area (Å²) in [7, 11) is -4.26. The number of H-pyrrole nitrogens is 1. The van der Waals surface area contributed by atoms with Crippen molar-refractivity contribution in [1.29, 1.82) is 0 Å². The summed E-state index contributed by atoms with van der Waals surface area (Å²) in [5.41, 5.74) is 0.988. The molecule has 0 bridgehead atoms. The number of nitrogens with one attached hydrogen (secondary N) is 2. The molecule has 3 rings (SSSR count). The molecule has 10 nitrogen and oxygen atoms in total. The number of Topliss-reactive ketones (excluding diaryl/α,β-unsaturated/α-hetero) is 1. The monoisotopic (exact) mass is 610 g/mol. The number of benzene rings is 2. The number of anilines is 1. The molecule has 0 aliphatic heterocycles. The van der Waals surface area contributed by atoms with Gasteiger partial charge in [0.15, 0.2) is 6.10 Å². The van der Waals surface area contributed by atoms with Gasteiger partial charge in [-0.2, -0.15) is 0 Å². The lowest BCUT2D eigenvalue weighted by atomic mass is 10.1. The van der Waals surface area contributed by atoms with Gasteiger partial charge in [-0.05, 0) is 76.6 Å². The maximum atomic E-state index is 13.1. The molecular formula is C27H28Cl2N2O8S. The predicted molar refractivity (Wildman–Crippen MR) is 150 cm³/mol. The van der Waals surface area contributed by atoms with Crippen LogP contribution in [-0.4, -0.2) is 50.4 Å². The van der Waals surface area contributed by atoms with Gasteiger partial charge < -0.3 is 19.2 Å². The molecular weight excluding hydrogens is 583 g/mol. The second kappa shape index (κ2) is 12.8. The second-order valence-corrected chi connectivity index (χ2v) is 11.0.